The van der Waals surface area contributed by atoms with Crippen LogP contribution in [-0.4, -0.2) is 10.9 Å². The number of nitrogens with two attached hydrogens (primary N) is 1. The van der Waals surface area contributed by atoms with Gasteiger partial charge in [-0.3, -0.25) is 4.79 Å². The van der Waals surface area contributed by atoms with Crippen LogP contribution in [0.3, 0.4) is 0 Å². The average molecular weight is 308 g/mol. The number of primary amides is 1. The van der Waals surface area contributed by atoms with Gasteiger partial charge in [-0.1, -0.05) is 43.3 Å². The summed E-state index contributed by atoms with van der Waals surface area (Å²) in [4.78, 5) is 16.0. The molecule has 1 heterocycles. The Labute approximate surface area is 133 Å². The van der Waals surface area contributed by atoms with Gasteiger partial charge in [0.25, 0.3) is 0 Å². The van der Waals surface area contributed by atoms with Crippen LogP contribution in [0.15, 0.2) is 60.1 Å². The van der Waals surface area contributed by atoms with Gasteiger partial charge in [0.2, 0.25) is 5.91 Å². The van der Waals surface area contributed by atoms with Crippen LogP contribution < -0.4 is 5.73 Å². The summed E-state index contributed by atoms with van der Waals surface area (Å²) in [5.74, 6) is -0.304. The number of aromatic nitrogens is 1. The molecule has 3 aromatic rings. The van der Waals surface area contributed by atoms with Crippen molar-refractivity contribution in [2.24, 2.45) is 5.73 Å². The van der Waals surface area contributed by atoms with E-state index in [0.29, 0.717) is 5.56 Å². The number of thiazole rings is 1. The van der Waals surface area contributed by atoms with Crippen molar-refractivity contribution in [2.75, 3.05) is 0 Å². The molecule has 0 saturated heterocycles. The predicted molar refractivity (Wildman–Crippen MR) is 90.0 cm³/mol. The summed E-state index contributed by atoms with van der Waals surface area (Å²) in [5, 5.41) is 2.96. The van der Waals surface area contributed by atoms with Crippen molar-refractivity contribution in [3.8, 4) is 10.6 Å². The van der Waals surface area contributed by atoms with Gasteiger partial charge in [-0.05, 0) is 23.3 Å². The molecule has 0 aliphatic heterocycles. The van der Waals surface area contributed by atoms with Gasteiger partial charge in [0.05, 0.1) is 0 Å². The van der Waals surface area contributed by atoms with Crippen LogP contribution in [0.2, 0.25) is 0 Å². The van der Waals surface area contributed by atoms with Gasteiger partial charge in [-0.15, -0.1) is 11.3 Å². The Morgan fingerprint density at radius 1 is 1.18 bits per heavy atom. The second kappa shape index (κ2) is 6.12. The molecular weight excluding hydrogens is 292 g/mol. The number of rotatable bonds is 4. The quantitative estimate of drug-likeness (QED) is 0.790. The van der Waals surface area contributed by atoms with Crippen molar-refractivity contribution in [1.29, 1.82) is 0 Å². The monoisotopic (exact) mass is 308 g/mol. The molecule has 0 saturated carbocycles. The van der Waals surface area contributed by atoms with E-state index < -0.39 is 5.91 Å². The van der Waals surface area contributed by atoms with Gasteiger partial charge in [-0.25, -0.2) is 4.98 Å². The maximum atomic E-state index is 11.6. The van der Waals surface area contributed by atoms with Crippen molar-refractivity contribution in [3.05, 3.63) is 76.8 Å². The number of carbonyl (C=O) groups is 1. The van der Waals surface area contributed by atoms with Gasteiger partial charge in [0, 0.05) is 28.6 Å². The first kappa shape index (κ1) is 14.5. The van der Waals surface area contributed by atoms with E-state index in [0.717, 1.165) is 21.7 Å². The van der Waals surface area contributed by atoms with Crippen molar-refractivity contribution in [3.63, 3.8) is 0 Å². The summed E-state index contributed by atoms with van der Waals surface area (Å²) in [6.45, 7) is 2.09. The molecule has 22 heavy (non-hydrogen) atoms. The highest BCUT2D eigenvalue weighted by Gasteiger charge is 2.16. The summed E-state index contributed by atoms with van der Waals surface area (Å²) in [6, 6.07) is 15.8. The maximum absolute atomic E-state index is 11.6. The van der Waals surface area contributed by atoms with Crippen molar-refractivity contribution in [2.45, 2.75) is 12.8 Å². The lowest BCUT2D eigenvalue weighted by atomic mass is 9.89. The first-order valence-corrected chi connectivity index (χ1v) is 7.93. The molecule has 1 atom stereocenters. The third kappa shape index (κ3) is 2.78. The fourth-order valence-corrected chi connectivity index (χ4v) is 3.22. The predicted octanol–water partition coefficient (Wildman–Crippen LogP) is 4.06. The SMILES string of the molecule is CC(c1cccc(-c2nccs2)c1)c1ccccc1C(N)=O. The van der Waals surface area contributed by atoms with Crippen LogP contribution in [-0.2, 0) is 0 Å². The van der Waals surface area contributed by atoms with E-state index in [4.69, 9.17) is 5.73 Å². The van der Waals surface area contributed by atoms with Gasteiger partial charge < -0.3 is 5.73 Å². The zero-order chi connectivity index (χ0) is 15.5. The Balaban J connectivity index is 2.01. The van der Waals surface area contributed by atoms with Gasteiger partial charge in [0.1, 0.15) is 5.01 Å². The molecule has 2 N–H and O–H groups in total. The zero-order valence-corrected chi connectivity index (χ0v) is 13.0. The Morgan fingerprint density at radius 2 is 2.00 bits per heavy atom. The van der Waals surface area contributed by atoms with Crippen LogP contribution in [0.5, 0.6) is 0 Å². The Kier molecular flexibility index (Phi) is 4.02. The topological polar surface area (TPSA) is 56.0 Å². The highest BCUT2D eigenvalue weighted by atomic mass is 32.1. The van der Waals surface area contributed by atoms with E-state index in [1.165, 1.54) is 0 Å². The number of hydrogen-bond acceptors (Lipinski definition) is 3. The van der Waals surface area contributed by atoms with E-state index >= 15 is 0 Å². The number of hydrogen-bond donors (Lipinski definition) is 1. The van der Waals surface area contributed by atoms with Crippen LogP contribution >= 0.6 is 11.3 Å². The number of amides is 1. The molecular formula is C18H16N2OS. The number of benzene rings is 2. The highest BCUT2D eigenvalue weighted by Crippen LogP contribution is 2.30. The molecule has 0 fully saturated rings. The van der Waals surface area contributed by atoms with E-state index in [9.17, 15) is 4.79 Å². The van der Waals surface area contributed by atoms with Gasteiger partial charge >= 0.3 is 0 Å². The molecule has 4 heteroatoms. The lowest BCUT2D eigenvalue weighted by Crippen LogP contribution is -2.15. The summed E-state index contributed by atoms with van der Waals surface area (Å²) in [6.07, 6.45) is 1.80. The van der Waals surface area contributed by atoms with Gasteiger partial charge in [-0.2, -0.15) is 0 Å². The molecule has 1 unspecified atom stereocenters. The zero-order valence-electron chi connectivity index (χ0n) is 12.2. The molecule has 0 aliphatic rings. The lowest BCUT2D eigenvalue weighted by Gasteiger charge is -2.16. The normalized spacial score (nSPS) is 12.0. The molecule has 3 rings (SSSR count). The lowest BCUT2D eigenvalue weighted by molar-refractivity contribution is 0.0999. The summed E-state index contributed by atoms with van der Waals surface area (Å²) in [5.41, 5.74) is 9.25. The smallest absolute Gasteiger partial charge is 0.248 e. The largest absolute Gasteiger partial charge is 0.366 e. The van der Waals surface area contributed by atoms with Crippen molar-refractivity contribution >= 4 is 17.2 Å². The second-order valence-electron chi connectivity index (χ2n) is 5.14. The average Bonchev–Trinajstić information content (AvgIpc) is 3.09. The molecule has 0 spiro atoms. The minimum absolute atomic E-state index is 0.0867. The van der Waals surface area contributed by atoms with E-state index in [1.807, 2.05) is 29.6 Å². The second-order valence-corrected chi connectivity index (χ2v) is 6.03. The molecule has 3 nitrogen and oxygen atoms in total. The summed E-state index contributed by atoms with van der Waals surface area (Å²) < 4.78 is 0. The standard InChI is InChI=1S/C18H16N2OS/c1-12(15-7-2-3-8-16(15)17(19)21)13-5-4-6-14(11-13)18-20-9-10-22-18/h2-12H,1H3,(H2,19,21). The van der Waals surface area contributed by atoms with Crippen molar-refractivity contribution in [1.82, 2.24) is 4.98 Å². The molecule has 0 aliphatic carbocycles. The molecule has 1 aromatic heterocycles. The highest BCUT2D eigenvalue weighted by molar-refractivity contribution is 7.13. The minimum atomic E-state index is -0.390. The first-order chi connectivity index (χ1) is 10.7. The molecule has 2 aromatic carbocycles. The molecule has 0 radical (unpaired) electrons. The summed E-state index contributed by atoms with van der Waals surface area (Å²) in [7, 11) is 0. The third-order valence-corrected chi connectivity index (χ3v) is 4.58. The maximum Gasteiger partial charge on any atom is 0.248 e. The summed E-state index contributed by atoms with van der Waals surface area (Å²) >= 11 is 1.62. The number of carbonyl (C=O) groups excluding carboxylic acids is 1. The van der Waals surface area contributed by atoms with Crippen LogP contribution in [0.25, 0.3) is 10.6 Å². The number of nitrogens with zero attached hydrogens (tertiary/aromatic N) is 1. The van der Waals surface area contributed by atoms with E-state index in [1.54, 1.807) is 23.6 Å². The van der Waals surface area contributed by atoms with Crippen molar-refractivity contribution < 1.29 is 4.79 Å². The Hall–Kier alpha value is -2.46. The van der Waals surface area contributed by atoms with Gasteiger partial charge in [0.15, 0.2) is 0 Å². The fraction of sp³-hybridized carbons (Fsp3) is 0.111. The van der Waals surface area contributed by atoms with E-state index in [2.05, 4.69) is 30.1 Å². The molecule has 0 bridgehead atoms. The van der Waals surface area contributed by atoms with Crippen LogP contribution in [0.4, 0.5) is 0 Å². The molecule has 1 amide bonds. The van der Waals surface area contributed by atoms with Crippen LogP contribution in [0.1, 0.15) is 34.3 Å². The van der Waals surface area contributed by atoms with E-state index in [-0.39, 0.29) is 5.92 Å². The molecule has 110 valence electrons. The third-order valence-electron chi connectivity index (χ3n) is 3.76. The first-order valence-electron chi connectivity index (χ1n) is 7.05. The minimum Gasteiger partial charge on any atom is -0.366 e. The Bertz CT molecular complexity index is 796. The fourth-order valence-electron chi connectivity index (χ4n) is 2.59. The van der Waals surface area contributed by atoms with Crippen LogP contribution in [0, 0.1) is 0 Å². The Morgan fingerprint density at radius 3 is 2.73 bits per heavy atom.